The summed E-state index contributed by atoms with van der Waals surface area (Å²) in [7, 11) is 0. The Balaban J connectivity index is 2.13. The van der Waals surface area contributed by atoms with E-state index >= 15 is 0 Å². The third-order valence-electron chi connectivity index (χ3n) is 3.15. The minimum Gasteiger partial charge on any atom is -0.327 e. The number of alkyl halides is 1. The van der Waals surface area contributed by atoms with Gasteiger partial charge in [-0.3, -0.25) is 0 Å². The molecule has 3 heteroatoms. The van der Waals surface area contributed by atoms with E-state index in [1.54, 1.807) is 0 Å². The van der Waals surface area contributed by atoms with Gasteiger partial charge in [0.25, 0.3) is 0 Å². The molecule has 3 fully saturated rings. The van der Waals surface area contributed by atoms with Gasteiger partial charge in [-0.15, -0.1) is 0 Å². The maximum Gasteiger partial charge on any atom is 0.138 e. The highest BCUT2D eigenvalue weighted by molar-refractivity contribution is 4.99. The van der Waals surface area contributed by atoms with Gasteiger partial charge >= 0.3 is 0 Å². The van der Waals surface area contributed by atoms with Crippen LogP contribution >= 0.6 is 0 Å². The van der Waals surface area contributed by atoms with Gasteiger partial charge < -0.3 is 10.6 Å². The summed E-state index contributed by atoms with van der Waals surface area (Å²) in [5.74, 6) is 0.248. The fourth-order valence-corrected chi connectivity index (χ4v) is 2.34. The van der Waals surface area contributed by atoms with Crippen molar-refractivity contribution in [1.82, 2.24) is 4.90 Å². The molecule has 11 heavy (non-hydrogen) atoms. The van der Waals surface area contributed by atoms with E-state index in [0.717, 1.165) is 25.9 Å². The first kappa shape index (κ1) is 7.50. The third kappa shape index (κ3) is 1.07. The van der Waals surface area contributed by atoms with Crippen molar-refractivity contribution in [2.24, 2.45) is 11.7 Å². The molecule has 3 saturated heterocycles. The largest absolute Gasteiger partial charge is 0.327 e. The number of fused-ring (bicyclic) bond motifs is 3. The zero-order valence-corrected chi connectivity index (χ0v) is 6.72. The van der Waals surface area contributed by atoms with Crippen LogP contribution in [-0.2, 0) is 0 Å². The molecule has 3 aliphatic rings. The van der Waals surface area contributed by atoms with Crippen LogP contribution in [-0.4, -0.2) is 36.7 Å². The fourth-order valence-electron chi connectivity index (χ4n) is 2.34. The highest BCUT2D eigenvalue weighted by Gasteiger charge is 2.45. The Morgan fingerprint density at radius 1 is 1.45 bits per heavy atom. The number of nitrogens with zero attached hydrogens (tertiary/aromatic N) is 1. The second kappa shape index (κ2) is 2.42. The number of piperidine rings is 3. The lowest BCUT2D eigenvalue weighted by Gasteiger charge is -2.48. The van der Waals surface area contributed by atoms with Crippen molar-refractivity contribution in [2.75, 3.05) is 26.2 Å². The molecule has 0 spiro atoms. The van der Waals surface area contributed by atoms with Crippen molar-refractivity contribution < 1.29 is 4.39 Å². The first-order valence-corrected chi connectivity index (χ1v) is 4.36. The number of halogens is 1. The average Bonchev–Trinajstić information content (AvgIpc) is 2.06. The summed E-state index contributed by atoms with van der Waals surface area (Å²) in [6, 6.07) is 0. The molecule has 0 saturated carbocycles. The van der Waals surface area contributed by atoms with E-state index in [0.29, 0.717) is 6.54 Å². The first-order valence-electron chi connectivity index (χ1n) is 4.36. The maximum atomic E-state index is 13.8. The summed E-state index contributed by atoms with van der Waals surface area (Å²) in [6.07, 6.45) is 2.02. The van der Waals surface area contributed by atoms with Crippen LogP contribution in [0.25, 0.3) is 0 Å². The molecule has 0 aliphatic carbocycles. The summed E-state index contributed by atoms with van der Waals surface area (Å²) >= 11 is 0. The first-order chi connectivity index (χ1) is 5.24. The molecule has 3 aliphatic heterocycles. The van der Waals surface area contributed by atoms with Crippen molar-refractivity contribution in [3.63, 3.8) is 0 Å². The molecule has 64 valence electrons. The molecule has 3 heterocycles. The summed E-state index contributed by atoms with van der Waals surface area (Å²) in [5, 5.41) is 0. The van der Waals surface area contributed by atoms with Crippen LogP contribution in [0.3, 0.4) is 0 Å². The standard InChI is InChI=1S/C8H15FN2/c9-8(5-10)6-11-3-1-7(8)2-4-11/h7H,1-6,10H2. The van der Waals surface area contributed by atoms with E-state index in [1.165, 1.54) is 0 Å². The zero-order chi connectivity index (χ0) is 7.90. The normalized spacial score (nSPS) is 49.6. The molecule has 0 aromatic heterocycles. The lowest BCUT2D eigenvalue weighted by Crippen LogP contribution is -2.59. The fraction of sp³-hybridized carbons (Fsp3) is 1.00. The second-order valence-corrected chi connectivity index (χ2v) is 3.79. The van der Waals surface area contributed by atoms with E-state index in [4.69, 9.17) is 5.73 Å². The van der Waals surface area contributed by atoms with Crippen LogP contribution in [0.1, 0.15) is 12.8 Å². The summed E-state index contributed by atoms with van der Waals surface area (Å²) in [6.45, 7) is 2.94. The van der Waals surface area contributed by atoms with Crippen molar-refractivity contribution in [2.45, 2.75) is 18.5 Å². The van der Waals surface area contributed by atoms with Crippen LogP contribution < -0.4 is 5.73 Å². The van der Waals surface area contributed by atoms with Gasteiger partial charge in [0.1, 0.15) is 5.67 Å². The smallest absolute Gasteiger partial charge is 0.138 e. The van der Waals surface area contributed by atoms with Crippen molar-refractivity contribution in [3.8, 4) is 0 Å². The predicted molar refractivity (Wildman–Crippen MR) is 42.1 cm³/mol. The van der Waals surface area contributed by atoms with Gasteiger partial charge in [0.15, 0.2) is 0 Å². The average molecular weight is 158 g/mol. The third-order valence-corrected chi connectivity index (χ3v) is 3.15. The summed E-state index contributed by atoms with van der Waals surface area (Å²) in [4.78, 5) is 2.19. The van der Waals surface area contributed by atoms with E-state index in [1.807, 2.05) is 0 Å². The highest BCUT2D eigenvalue weighted by Crippen LogP contribution is 2.37. The molecule has 0 amide bonds. The molecular weight excluding hydrogens is 143 g/mol. The summed E-state index contributed by atoms with van der Waals surface area (Å²) in [5.41, 5.74) is 4.36. The van der Waals surface area contributed by atoms with Crippen molar-refractivity contribution in [1.29, 1.82) is 0 Å². The molecule has 1 atom stereocenters. The molecule has 2 N–H and O–H groups in total. The lowest BCUT2D eigenvalue weighted by molar-refractivity contribution is -0.0479. The molecule has 1 unspecified atom stereocenters. The number of hydrogen-bond acceptors (Lipinski definition) is 2. The molecule has 0 radical (unpaired) electrons. The highest BCUT2D eigenvalue weighted by atomic mass is 19.1. The lowest BCUT2D eigenvalue weighted by atomic mass is 9.77. The Morgan fingerprint density at radius 3 is 2.36 bits per heavy atom. The van der Waals surface area contributed by atoms with Gasteiger partial charge in [0.05, 0.1) is 0 Å². The monoisotopic (exact) mass is 158 g/mol. The SMILES string of the molecule is NCC1(F)CN2CCC1CC2. The van der Waals surface area contributed by atoms with Crippen LogP contribution in [0.15, 0.2) is 0 Å². The zero-order valence-electron chi connectivity index (χ0n) is 6.72. The van der Waals surface area contributed by atoms with Crippen molar-refractivity contribution >= 4 is 0 Å². The van der Waals surface area contributed by atoms with Gasteiger partial charge in [-0.25, -0.2) is 4.39 Å². The van der Waals surface area contributed by atoms with Gasteiger partial charge in [-0.05, 0) is 31.8 Å². The van der Waals surface area contributed by atoms with E-state index < -0.39 is 5.67 Å². The summed E-state index contributed by atoms with van der Waals surface area (Å²) < 4.78 is 13.8. The molecule has 2 nitrogen and oxygen atoms in total. The van der Waals surface area contributed by atoms with E-state index in [-0.39, 0.29) is 12.5 Å². The molecule has 0 aromatic carbocycles. The Kier molecular flexibility index (Phi) is 1.65. The molecule has 2 bridgehead atoms. The molecular formula is C8H15FN2. The van der Waals surface area contributed by atoms with Gasteiger partial charge in [0, 0.05) is 13.1 Å². The molecule has 0 aromatic rings. The Hall–Kier alpha value is -0.150. The van der Waals surface area contributed by atoms with Gasteiger partial charge in [-0.1, -0.05) is 0 Å². The predicted octanol–water partition coefficient (Wildman–Crippen LogP) is 0.379. The van der Waals surface area contributed by atoms with Crippen LogP contribution in [0, 0.1) is 5.92 Å². The van der Waals surface area contributed by atoms with Crippen LogP contribution in [0.4, 0.5) is 4.39 Å². The second-order valence-electron chi connectivity index (χ2n) is 3.79. The van der Waals surface area contributed by atoms with E-state index in [9.17, 15) is 4.39 Å². The Morgan fingerprint density at radius 2 is 2.09 bits per heavy atom. The van der Waals surface area contributed by atoms with Crippen LogP contribution in [0.5, 0.6) is 0 Å². The number of hydrogen-bond donors (Lipinski definition) is 1. The Bertz CT molecular complexity index is 154. The number of nitrogens with two attached hydrogens (primary N) is 1. The number of rotatable bonds is 1. The van der Waals surface area contributed by atoms with Gasteiger partial charge in [-0.2, -0.15) is 0 Å². The van der Waals surface area contributed by atoms with E-state index in [2.05, 4.69) is 4.90 Å². The van der Waals surface area contributed by atoms with Crippen molar-refractivity contribution in [3.05, 3.63) is 0 Å². The van der Waals surface area contributed by atoms with Crippen LogP contribution in [0.2, 0.25) is 0 Å². The quantitative estimate of drug-likeness (QED) is 0.597. The maximum absolute atomic E-state index is 13.8. The topological polar surface area (TPSA) is 29.3 Å². The minimum atomic E-state index is -1.06. The minimum absolute atomic E-state index is 0.203. The Labute approximate surface area is 66.5 Å². The van der Waals surface area contributed by atoms with Gasteiger partial charge in [0.2, 0.25) is 0 Å². The molecule has 3 rings (SSSR count).